The molecule has 0 fully saturated rings. The smallest absolute Gasteiger partial charge is 0.329 e. The third-order valence-electron chi connectivity index (χ3n) is 2.03. The molecule has 0 aromatic carbocycles. The second-order valence-corrected chi connectivity index (χ2v) is 3.44. The van der Waals surface area contributed by atoms with Gasteiger partial charge in [-0.05, 0) is 13.8 Å². The predicted octanol–water partition coefficient (Wildman–Crippen LogP) is 0.612. The Morgan fingerprint density at radius 2 is 2.00 bits per heavy atom. The first-order valence-corrected chi connectivity index (χ1v) is 4.22. The molecule has 0 aliphatic rings. The Bertz CT molecular complexity index is 278. The first-order valence-electron chi connectivity index (χ1n) is 4.22. The van der Waals surface area contributed by atoms with E-state index in [-0.39, 0.29) is 18.9 Å². The number of nitrogens with zero attached hydrogens (tertiary/aromatic N) is 2. The predicted molar refractivity (Wildman–Crippen MR) is 49.3 cm³/mol. The summed E-state index contributed by atoms with van der Waals surface area (Å²) in [5.41, 5.74) is -1.26. The van der Waals surface area contributed by atoms with Gasteiger partial charge in [-0.3, -0.25) is 4.79 Å². The molecule has 0 saturated heterocycles. The molecular formula is C9H14N2O3. The molecule has 1 amide bonds. The third-order valence-corrected chi connectivity index (χ3v) is 2.03. The topological polar surface area (TPSA) is 81.4 Å². The highest BCUT2D eigenvalue weighted by molar-refractivity contribution is 5.85. The summed E-state index contributed by atoms with van der Waals surface area (Å²) in [4.78, 5) is 23.2. The zero-order valence-electron chi connectivity index (χ0n) is 8.57. The fourth-order valence-corrected chi connectivity index (χ4v) is 1.11. The minimum atomic E-state index is -1.26. The normalized spacial score (nSPS) is 10.4. The van der Waals surface area contributed by atoms with Crippen molar-refractivity contribution in [1.29, 1.82) is 5.26 Å². The van der Waals surface area contributed by atoms with Crippen LogP contribution in [0.5, 0.6) is 0 Å². The van der Waals surface area contributed by atoms with Gasteiger partial charge in [-0.25, -0.2) is 4.79 Å². The van der Waals surface area contributed by atoms with Gasteiger partial charge in [0.1, 0.15) is 5.54 Å². The van der Waals surface area contributed by atoms with Gasteiger partial charge in [0.15, 0.2) is 0 Å². The van der Waals surface area contributed by atoms with Crippen molar-refractivity contribution in [2.75, 3.05) is 6.54 Å². The molecule has 0 aliphatic carbocycles. The van der Waals surface area contributed by atoms with Gasteiger partial charge in [0.25, 0.3) is 0 Å². The molecule has 5 nitrogen and oxygen atoms in total. The Kier molecular flexibility index (Phi) is 4.09. The van der Waals surface area contributed by atoms with Crippen LogP contribution in [-0.2, 0) is 9.59 Å². The van der Waals surface area contributed by atoms with Crippen molar-refractivity contribution in [3.8, 4) is 6.07 Å². The molecule has 0 radical (unpaired) electrons. The minimum Gasteiger partial charge on any atom is -0.480 e. The lowest BCUT2D eigenvalue weighted by molar-refractivity contribution is -0.156. The molecule has 78 valence electrons. The summed E-state index contributed by atoms with van der Waals surface area (Å²) in [5.74, 6) is -1.42. The summed E-state index contributed by atoms with van der Waals surface area (Å²) in [6.45, 7) is 4.31. The molecule has 0 unspecified atom stereocenters. The molecule has 1 N–H and O–H groups in total. The van der Waals surface area contributed by atoms with Crippen LogP contribution in [0.2, 0.25) is 0 Å². The van der Waals surface area contributed by atoms with Crippen LogP contribution in [-0.4, -0.2) is 34.0 Å². The van der Waals surface area contributed by atoms with Crippen molar-refractivity contribution in [2.45, 2.75) is 32.7 Å². The highest BCUT2D eigenvalue weighted by Crippen LogP contribution is 2.15. The number of aliphatic carboxylic acids is 1. The van der Waals surface area contributed by atoms with E-state index in [1.165, 1.54) is 25.7 Å². The number of amides is 1. The maximum atomic E-state index is 11.2. The number of hydrogen-bond donors (Lipinski definition) is 1. The van der Waals surface area contributed by atoms with Crippen molar-refractivity contribution >= 4 is 11.9 Å². The molecule has 0 saturated carbocycles. The van der Waals surface area contributed by atoms with Crippen LogP contribution in [0.1, 0.15) is 27.2 Å². The SMILES string of the molecule is CC(=O)N(CCC#N)C(C)(C)C(=O)O. The molecular weight excluding hydrogens is 184 g/mol. The first kappa shape index (κ1) is 12.4. The van der Waals surface area contributed by atoms with E-state index in [1.54, 1.807) is 0 Å². The number of carboxylic acid groups (broad SMARTS) is 1. The molecule has 0 heterocycles. The fourth-order valence-electron chi connectivity index (χ4n) is 1.11. The van der Waals surface area contributed by atoms with Crippen LogP contribution in [0.25, 0.3) is 0 Å². The van der Waals surface area contributed by atoms with E-state index < -0.39 is 11.5 Å². The van der Waals surface area contributed by atoms with Crippen molar-refractivity contribution in [2.24, 2.45) is 0 Å². The molecule has 0 rings (SSSR count). The molecule has 0 bridgehead atoms. The monoisotopic (exact) mass is 198 g/mol. The van der Waals surface area contributed by atoms with Crippen molar-refractivity contribution in [3.63, 3.8) is 0 Å². The summed E-state index contributed by atoms with van der Waals surface area (Å²) in [6.07, 6.45) is 0.135. The second kappa shape index (κ2) is 4.61. The molecule has 0 aromatic heterocycles. The van der Waals surface area contributed by atoms with Crippen LogP contribution < -0.4 is 0 Å². The van der Waals surface area contributed by atoms with E-state index in [1.807, 2.05) is 6.07 Å². The number of nitriles is 1. The Morgan fingerprint density at radius 1 is 1.50 bits per heavy atom. The lowest BCUT2D eigenvalue weighted by Crippen LogP contribution is -2.52. The van der Waals surface area contributed by atoms with E-state index in [2.05, 4.69) is 0 Å². The Balaban J connectivity index is 4.74. The molecule has 0 aliphatic heterocycles. The summed E-state index contributed by atoms with van der Waals surface area (Å²) in [5, 5.41) is 17.2. The first-order chi connectivity index (χ1) is 6.34. The van der Waals surface area contributed by atoms with Gasteiger partial charge in [0.05, 0.1) is 12.5 Å². The fraction of sp³-hybridized carbons (Fsp3) is 0.667. The highest BCUT2D eigenvalue weighted by atomic mass is 16.4. The number of rotatable bonds is 4. The minimum absolute atomic E-state index is 0.135. The average Bonchev–Trinajstić information content (AvgIpc) is 2.03. The quantitative estimate of drug-likeness (QED) is 0.717. The third kappa shape index (κ3) is 2.73. The standard InChI is InChI=1S/C9H14N2O3/c1-7(12)11(6-4-5-10)9(2,3)8(13)14/h4,6H2,1-3H3,(H,13,14). The van der Waals surface area contributed by atoms with Crippen molar-refractivity contribution < 1.29 is 14.7 Å². The number of carboxylic acids is 1. The Hall–Kier alpha value is -1.57. The lowest BCUT2D eigenvalue weighted by atomic mass is 10.0. The Labute approximate surface area is 82.9 Å². The summed E-state index contributed by atoms with van der Waals surface area (Å²) in [6, 6.07) is 1.88. The molecule has 0 atom stereocenters. The van der Waals surface area contributed by atoms with E-state index in [0.29, 0.717) is 0 Å². The van der Waals surface area contributed by atoms with Gasteiger partial charge >= 0.3 is 5.97 Å². The van der Waals surface area contributed by atoms with Crippen LogP contribution in [0.4, 0.5) is 0 Å². The number of carbonyl (C=O) groups excluding carboxylic acids is 1. The summed E-state index contributed by atoms with van der Waals surface area (Å²) >= 11 is 0. The molecule has 5 heteroatoms. The van der Waals surface area contributed by atoms with E-state index >= 15 is 0 Å². The van der Waals surface area contributed by atoms with E-state index in [9.17, 15) is 9.59 Å². The zero-order chi connectivity index (χ0) is 11.4. The maximum absolute atomic E-state index is 11.2. The van der Waals surface area contributed by atoms with Crippen LogP contribution in [0.3, 0.4) is 0 Å². The van der Waals surface area contributed by atoms with Crippen LogP contribution in [0.15, 0.2) is 0 Å². The molecule has 14 heavy (non-hydrogen) atoms. The van der Waals surface area contributed by atoms with Crippen molar-refractivity contribution in [1.82, 2.24) is 4.90 Å². The van der Waals surface area contributed by atoms with Crippen molar-refractivity contribution in [3.05, 3.63) is 0 Å². The van der Waals surface area contributed by atoms with Gasteiger partial charge < -0.3 is 10.0 Å². The van der Waals surface area contributed by atoms with Crippen LogP contribution in [0, 0.1) is 11.3 Å². The van der Waals surface area contributed by atoms with Gasteiger partial charge in [-0.2, -0.15) is 5.26 Å². The zero-order valence-corrected chi connectivity index (χ0v) is 8.57. The van der Waals surface area contributed by atoms with E-state index in [0.717, 1.165) is 0 Å². The Morgan fingerprint density at radius 3 is 2.29 bits per heavy atom. The second-order valence-electron chi connectivity index (χ2n) is 3.44. The van der Waals surface area contributed by atoms with Gasteiger partial charge in [-0.15, -0.1) is 0 Å². The largest absolute Gasteiger partial charge is 0.480 e. The molecule has 0 spiro atoms. The van der Waals surface area contributed by atoms with Gasteiger partial charge in [0, 0.05) is 13.5 Å². The highest BCUT2D eigenvalue weighted by Gasteiger charge is 2.35. The van der Waals surface area contributed by atoms with Crippen LogP contribution >= 0.6 is 0 Å². The summed E-state index contributed by atoms with van der Waals surface area (Å²) in [7, 11) is 0. The number of hydrogen-bond acceptors (Lipinski definition) is 3. The molecule has 0 aromatic rings. The average molecular weight is 198 g/mol. The lowest BCUT2D eigenvalue weighted by Gasteiger charge is -2.33. The summed E-state index contributed by atoms with van der Waals surface area (Å²) < 4.78 is 0. The van der Waals surface area contributed by atoms with Gasteiger partial charge in [0.2, 0.25) is 5.91 Å². The number of carbonyl (C=O) groups is 2. The maximum Gasteiger partial charge on any atom is 0.329 e. The van der Waals surface area contributed by atoms with E-state index in [4.69, 9.17) is 10.4 Å². The van der Waals surface area contributed by atoms with Gasteiger partial charge in [-0.1, -0.05) is 0 Å².